The van der Waals surface area contributed by atoms with Gasteiger partial charge in [-0.3, -0.25) is 0 Å². The number of hydrogen-bond donors (Lipinski definition) is 1. The van der Waals surface area contributed by atoms with Crippen molar-refractivity contribution in [3.8, 4) is 0 Å². The van der Waals surface area contributed by atoms with E-state index in [2.05, 4.69) is 9.97 Å². The van der Waals surface area contributed by atoms with Crippen LogP contribution in [0.2, 0.25) is 10.0 Å². The molecule has 0 saturated heterocycles. The minimum Gasteiger partial charge on any atom is -0.462 e. The number of ether oxygens (including phenoxy) is 2. The molecule has 0 aliphatic carbocycles. The van der Waals surface area contributed by atoms with Crippen molar-refractivity contribution in [3.63, 3.8) is 0 Å². The first-order chi connectivity index (χ1) is 13.3. The summed E-state index contributed by atoms with van der Waals surface area (Å²) < 4.78 is 15.7. The average molecular weight is 424 g/mol. The highest BCUT2D eigenvalue weighted by atomic mass is 35.5. The first-order valence-electron chi connectivity index (χ1n) is 8.17. The van der Waals surface area contributed by atoms with E-state index >= 15 is 0 Å². The maximum absolute atomic E-state index is 12.3. The molecule has 146 valence electrons. The van der Waals surface area contributed by atoms with Crippen LogP contribution in [0.5, 0.6) is 0 Å². The van der Waals surface area contributed by atoms with Gasteiger partial charge in [-0.2, -0.15) is 4.98 Å². The van der Waals surface area contributed by atoms with Crippen LogP contribution in [0.1, 0.15) is 39.2 Å². The number of nitrogens with two attached hydrogens (primary N) is 1. The minimum atomic E-state index is -0.735. The van der Waals surface area contributed by atoms with Gasteiger partial charge >= 0.3 is 11.9 Å². The zero-order valence-electron chi connectivity index (χ0n) is 14.9. The Hall–Kier alpha value is -2.84. The van der Waals surface area contributed by atoms with E-state index in [9.17, 15) is 9.59 Å². The Morgan fingerprint density at radius 1 is 1.11 bits per heavy atom. The minimum absolute atomic E-state index is 0.00623. The van der Waals surface area contributed by atoms with Crippen molar-refractivity contribution < 1.29 is 23.5 Å². The standard InChI is InChI=1S/C18H15Cl2N3O5/c1-3-26-17(24)12-8(2)28-16-14(12)15(21)22-11(23-16)7-27-18(25)13-9(19)5-4-6-10(13)20/h4-6H,3,7H2,1-2H3,(H2,21,22,23). The molecule has 0 bridgehead atoms. The second-order valence-corrected chi connectivity index (χ2v) is 6.45. The smallest absolute Gasteiger partial charge is 0.342 e. The predicted octanol–water partition coefficient (Wildman–Crippen LogP) is 3.95. The molecule has 10 heteroatoms. The molecule has 0 saturated carbocycles. The lowest BCUT2D eigenvalue weighted by Gasteiger charge is -2.08. The summed E-state index contributed by atoms with van der Waals surface area (Å²) in [5, 5.41) is 0.573. The van der Waals surface area contributed by atoms with Gasteiger partial charge in [0, 0.05) is 0 Å². The third-order valence-corrected chi connectivity index (χ3v) is 4.41. The summed E-state index contributed by atoms with van der Waals surface area (Å²) in [4.78, 5) is 32.6. The molecule has 0 aliphatic rings. The Kier molecular flexibility index (Phi) is 5.71. The van der Waals surface area contributed by atoms with Crippen LogP contribution in [0.15, 0.2) is 22.6 Å². The highest BCUT2D eigenvalue weighted by molar-refractivity contribution is 6.39. The summed E-state index contributed by atoms with van der Waals surface area (Å²) in [6, 6.07) is 4.65. The second-order valence-electron chi connectivity index (χ2n) is 5.63. The Bertz CT molecular complexity index is 1060. The summed E-state index contributed by atoms with van der Waals surface area (Å²) in [5.41, 5.74) is 6.27. The Labute approximate surface area is 169 Å². The van der Waals surface area contributed by atoms with Gasteiger partial charge in [0.1, 0.15) is 17.1 Å². The van der Waals surface area contributed by atoms with Crippen LogP contribution in [0.3, 0.4) is 0 Å². The topological polar surface area (TPSA) is 118 Å². The van der Waals surface area contributed by atoms with Crippen molar-refractivity contribution >= 4 is 52.1 Å². The molecule has 2 aromatic heterocycles. The fourth-order valence-electron chi connectivity index (χ4n) is 2.59. The number of carbonyl (C=O) groups excluding carboxylic acids is 2. The van der Waals surface area contributed by atoms with Gasteiger partial charge in [0.15, 0.2) is 12.4 Å². The highest BCUT2D eigenvalue weighted by Crippen LogP contribution is 2.29. The summed E-state index contributed by atoms with van der Waals surface area (Å²) in [7, 11) is 0. The van der Waals surface area contributed by atoms with E-state index in [0.29, 0.717) is 5.76 Å². The van der Waals surface area contributed by atoms with E-state index in [1.54, 1.807) is 19.9 Å². The lowest BCUT2D eigenvalue weighted by atomic mass is 10.2. The molecule has 0 radical (unpaired) electrons. The molecule has 3 aromatic rings. The molecule has 3 rings (SSSR count). The number of hydrogen-bond acceptors (Lipinski definition) is 8. The van der Waals surface area contributed by atoms with Gasteiger partial charge in [0.25, 0.3) is 0 Å². The van der Waals surface area contributed by atoms with Crippen LogP contribution in [0.25, 0.3) is 11.1 Å². The van der Waals surface area contributed by atoms with Crippen LogP contribution in [0.4, 0.5) is 5.82 Å². The quantitative estimate of drug-likeness (QED) is 0.612. The number of anilines is 1. The van der Waals surface area contributed by atoms with Gasteiger partial charge in [0.05, 0.1) is 27.6 Å². The SMILES string of the molecule is CCOC(=O)c1c(C)oc2nc(COC(=O)c3c(Cl)cccc3Cl)nc(N)c12. The van der Waals surface area contributed by atoms with E-state index in [-0.39, 0.29) is 57.1 Å². The van der Waals surface area contributed by atoms with Crippen LogP contribution in [-0.4, -0.2) is 28.5 Å². The molecule has 0 amide bonds. The van der Waals surface area contributed by atoms with Crippen LogP contribution >= 0.6 is 23.2 Å². The van der Waals surface area contributed by atoms with E-state index in [1.807, 2.05) is 0 Å². The van der Waals surface area contributed by atoms with Crippen molar-refractivity contribution in [1.29, 1.82) is 0 Å². The van der Waals surface area contributed by atoms with E-state index in [0.717, 1.165) is 0 Å². The van der Waals surface area contributed by atoms with E-state index in [1.165, 1.54) is 12.1 Å². The average Bonchev–Trinajstić information content (AvgIpc) is 2.96. The van der Waals surface area contributed by atoms with Gasteiger partial charge in [-0.25, -0.2) is 14.6 Å². The third kappa shape index (κ3) is 3.74. The number of rotatable bonds is 5. The predicted molar refractivity (Wildman–Crippen MR) is 102 cm³/mol. The molecule has 0 spiro atoms. The lowest BCUT2D eigenvalue weighted by Crippen LogP contribution is -2.10. The molecule has 8 nitrogen and oxygen atoms in total. The van der Waals surface area contributed by atoms with Crippen molar-refractivity contribution in [2.75, 3.05) is 12.3 Å². The summed E-state index contributed by atoms with van der Waals surface area (Å²) in [5.74, 6) is -0.925. The number of fused-ring (bicyclic) bond motifs is 1. The molecule has 0 aliphatic heterocycles. The van der Waals surface area contributed by atoms with Crippen LogP contribution in [-0.2, 0) is 16.1 Å². The maximum atomic E-state index is 12.3. The van der Waals surface area contributed by atoms with Gasteiger partial charge < -0.3 is 19.6 Å². The number of nitrogen functional groups attached to an aromatic ring is 1. The highest BCUT2D eigenvalue weighted by Gasteiger charge is 2.24. The van der Waals surface area contributed by atoms with Gasteiger partial charge in [-0.15, -0.1) is 0 Å². The van der Waals surface area contributed by atoms with Crippen LogP contribution < -0.4 is 5.73 Å². The largest absolute Gasteiger partial charge is 0.462 e. The summed E-state index contributed by atoms with van der Waals surface area (Å²) in [6.45, 7) is 3.18. The number of carbonyl (C=O) groups is 2. The summed E-state index contributed by atoms with van der Waals surface area (Å²) in [6.07, 6.45) is 0. The number of esters is 2. The molecule has 1 aromatic carbocycles. The Balaban J connectivity index is 1.87. The van der Waals surface area contributed by atoms with Gasteiger partial charge in [-0.05, 0) is 26.0 Å². The van der Waals surface area contributed by atoms with Crippen molar-refractivity contribution in [2.45, 2.75) is 20.5 Å². The fourth-order valence-corrected chi connectivity index (χ4v) is 3.14. The molecular weight excluding hydrogens is 409 g/mol. The molecule has 2 N–H and O–H groups in total. The van der Waals surface area contributed by atoms with E-state index < -0.39 is 11.9 Å². The summed E-state index contributed by atoms with van der Waals surface area (Å²) >= 11 is 12.0. The van der Waals surface area contributed by atoms with E-state index in [4.69, 9.17) is 42.8 Å². The normalized spacial score (nSPS) is 10.9. The Morgan fingerprint density at radius 3 is 2.39 bits per heavy atom. The van der Waals surface area contributed by atoms with Gasteiger partial charge in [-0.1, -0.05) is 29.3 Å². The Morgan fingerprint density at radius 2 is 1.75 bits per heavy atom. The molecular formula is C18H15Cl2N3O5. The number of aromatic nitrogens is 2. The van der Waals surface area contributed by atoms with Crippen molar-refractivity contribution in [1.82, 2.24) is 9.97 Å². The zero-order chi connectivity index (χ0) is 20.4. The first kappa shape index (κ1) is 19.9. The molecule has 28 heavy (non-hydrogen) atoms. The molecule has 2 heterocycles. The molecule has 0 fully saturated rings. The number of furan rings is 1. The second kappa shape index (κ2) is 8.04. The number of halogens is 2. The zero-order valence-corrected chi connectivity index (χ0v) is 16.4. The maximum Gasteiger partial charge on any atom is 0.342 e. The van der Waals surface area contributed by atoms with Crippen LogP contribution in [0, 0.1) is 6.92 Å². The van der Waals surface area contributed by atoms with Crippen molar-refractivity contribution in [2.24, 2.45) is 0 Å². The monoisotopic (exact) mass is 423 g/mol. The van der Waals surface area contributed by atoms with Crippen molar-refractivity contribution in [3.05, 3.63) is 51.0 Å². The van der Waals surface area contributed by atoms with Gasteiger partial charge in [0.2, 0.25) is 5.71 Å². The third-order valence-electron chi connectivity index (χ3n) is 3.78. The number of aryl methyl sites for hydroxylation is 1. The fraction of sp³-hybridized carbons (Fsp3) is 0.222. The first-order valence-corrected chi connectivity index (χ1v) is 8.92. The lowest BCUT2D eigenvalue weighted by molar-refractivity contribution is 0.0461. The number of nitrogens with zero attached hydrogens (tertiary/aromatic N) is 2. The molecule has 0 atom stereocenters. The molecule has 0 unspecified atom stereocenters. The number of benzene rings is 1.